The van der Waals surface area contributed by atoms with E-state index in [9.17, 15) is 8.42 Å². The maximum atomic E-state index is 12.2. The van der Waals surface area contributed by atoms with E-state index in [1.165, 1.54) is 4.31 Å². The summed E-state index contributed by atoms with van der Waals surface area (Å²) in [5.41, 5.74) is 7.26. The van der Waals surface area contributed by atoms with Crippen LogP contribution in [0.2, 0.25) is 0 Å². The Hall–Kier alpha value is -0.950. The Kier molecular flexibility index (Phi) is 4.57. The first-order valence-corrected chi connectivity index (χ1v) is 8.02. The number of nitrogens with zero attached hydrogens (tertiary/aromatic N) is 1. The summed E-state index contributed by atoms with van der Waals surface area (Å²) in [7, 11) is -3.28. The third kappa shape index (κ3) is 3.54. The number of nitrogens with two attached hydrogens (primary N) is 1. The normalized spacial score (nSPS) is 20.8. The van der Waals surface area contributed by atoms with Crippen LogP contribution in [0.1, 0.15) is 17.5 Å². The van der Waals surface area contributed by atoms with E-state index in [4.69, 9.17) is 10.8 Å². The van der Waals surface area contributed by atoms with Crippen molar-refractivity contribution in [3.8, 4) is 0 Å². The topological polar surface area (TPSA) is 83.6 Å². The first kappa shape index (κ1) is 14.5. The molecular formula is C13H20N2O3S. The second-order valence-electron chi connectivity index (χ2n) is 4.97. The van der Waals surface area contributed by atoms with Gasteiger partial charge < -0.3 is 10.8 Å². The molecule has 0 spiro atoms. The molecule has 0 aliphatic carbocycles. The highest BCUT2D eigenvalue weighted by molar-refractivity contribution is 7.88. The molecule has 2 rings (SSSR count). The highest BCUT2D eigenvalue weighted by Crippen LogP contribution is 2.21. The average molecular weight is 284 g/mol. The summed E-state index contributed by atoms with van der Waals surface area (Å²) in [5.74, 6) is 0.0881. The van der Waals surface area contributed by atoms with Gasteiger partial charge in [-0.15, -0.1) is 0 Å². The quantitative estimate of drug-likeness (QED) is 0.814. The Morgan fingerprint density at radius 1 is 1.26 bits per heavy atom. The van der Waals surface area contributed by atoms with Crippen LogP contribution in [-0.2, 0) is 22.3 Å². The molecule has 1 unspecified atom stereocenters. The molecule has 0 amide bonds. The van der Waals surface area contributed by atoms with Gasteiger partial charge in [0, 0.05) is 26.2 Å². The van der Waals surface area contributed by atoms with E-state index < -0.39 is 10.0 Å². The maximum Gasteiger partial charge on any atom is 0.218 e. The second kappa shape index (κ2) is 6.00. The minimum absolute atomic E-state index is 0.00992. The van der Waals surface area contributed by atoms with Crippen molar-refractivity contribution in [2.75, 3.05) is 19.7 Å². The van der Waals surface area contributed by atoms with Crippen LogP contribution in [0.3, 0.4) is 0 Å². The van der Waals surface area contributed by atoms with E-state index >= 15 is 0 Å². The molecule has 1 heterocycles. The number of aliphatic hydroxyl groups excluding tert-OH is 1. The van der Waals surface area contributed by atoms with Crippen molar-refractivity contribution in [3.05, 3.63) is 35.4 Å². The van der Waals surface area contributed by atoms with E-state index in [-0.39, 0.29) is 18.3 Å². The molecule has 6 heteroatoms. The number of aliphatic hydroxyl groups is 1. The molecule has 0 radical (unpaired) electrons. The Balaban J connectivity index is 2.04. The number of benzene rings is 1. The van der Waals surface area contributed by atoms with Crippen LogP contribution in [-0.4, -0.2) is 37.5 Å². The number of sulfonamides is 1. The van der Waals surface area contributed by atoms with Gasteiger partial charge in [-0.3, -0.25) is 0 Å². The van der Waals surface area contributed by atoms with Crippen LogP contribution in [0.15, 0.2) is 24.3 Å². The highest BCUT2D eigenvalue weighted by Gasteiger charge is 2.30. The zero-order valence-corrected chi connectivity index (χ0v) is 11.6. The predicted molar refractivity (Wildman–Crippen MR) is 73.7 cm³/mol. The van der Waals surface area contributed by atoms with Gasteiger partial charge in [-0.1, -0.05) is 24.3 Å². The third-order valence-electron chi connectivity index (χ3n) is 3.51. The molecule has 19 heavy (non-hydrogen) atoms. The van der Waals surface area contributed by atoms with E-state index in [0.29, 0.717) is 19.6 Å². The van der Waals surface area contributed by atoms with E-state index in [1.807, 2.05) is 12.1 Å². The van der Waals surface area contributed by atoms with Crippen molar-refractivity contribution in [1.29, 1.82) is 0 Å². The summed E-state index contributed by atoms with van der Waals surface area (Å²) in [5, 5.41) is 9.06. The first-order chi connectivity index (χ1) is 9.05. The SMILES string of the molecule is NCc1ccc(CS(=O)(=O)N2CCC(CO)C2)cc1. The highest BCUT2D eigenvalue weighted by atomic mass is 32.2. The molecule has 1 aromatic rings. The van der Waals surface area contributed by atoms with Gasteiger partial charge in [-0.25, -0.2) is 12.7 Å². The zero-order valence-electron chi connectivity index (χ0n) is 10.8. The Morgan fingerprint density at radius 2 is 1.89 bits per heavy atom. The summed E-state index contributed by atoms with van der Waals surface area (Å²) in [6.07, 6.45) is 0.738. The molecular weight excluding hydrogens is 264 g/mol. The van der Waals surface area contributed by atoms with Crippen molar-refractivity contribution < 1.29 is 13.5 Å². The van der Waals surface area contributed by atoms with Crippen LogP contribution < -0.4 is 5.73 Å². The Morgan fingerprint density at radius 3 is 2.42 bits per heavy atom. The maximum absolute atomic E-state index is 12.2. The minimum atomic E-state index is -3.28. The van der Waals surface area contributed by atoms with Gasteiger partial charge in [0.15, 0.2) is 0 Å². The molecule has 1 saturated heterocycles. The smallest absolute Gasteiger partial charge is 0.218 e. The van der Waals surface area contributed by atoms with Crippen LogP contribution in [0.4, 0.5) is 0 Å². The first-order valence-electron chi connectivity index (χ1n) is 6.41. The van der Waals surface area contributed by atoms with Crippen molar-refractivity contribution in [1.82, 2.24) is 4.31 Å². The fourth-order valence-electron chi connectivity index (χ4n) is 2.27. The molecule has 0 saturated carbocycles. The van der Waals surface area contributed by atoms with Crippen LogP contribution in [0.5, 0.6) is 0 Å². The molecule has 106 valence electrons. The summed E-state index contributed by atoms with van der Waals surface area (Å²) in [6.45, 7) is 1.45. The molecule has 3 N–H and O–H groups in total. The lowest BCUT2D eigenvalue weighted by Crippen LogP contribution is -2.30. The van der Waals surface area contributed by atoms with Crippen LogP contribution in [0, 0.1) is 5.92 Å². The molecule has 1 atom stereocenters. The summed E-state index contributed by atoms with van der Waals surface area (Å²) >= 11 is 0. The lowest BCUT2D eigenvalue weighted by atomic mass is 10.1. The summed E-state index contributed by atoms with van der Waals surface area (Å²) in [6, 6.07) is 7.31. The molecule has 0 aromatic heterocycles. The number of rotatable bonds is 5. The van der Waals surface area contributed by atoms with Gasteiger partial charge in [-0.2, -0.15) is 0 Å². The lowest BCUT2D eigenvalue weighted by Gasteiger charge is -2.16. The van der Waals surface area contributed by atoms with Gasteiger partial charge in [-0.05, 0) is 23.5 Å². The molecule has 1 aromatic carbocycles. The van der Waals surface area contributed by atoms with Crippen molar-refractivity contribution in [2.24, 2.45) is 11.7 Å². The number of hydrogen-bond donors (Lipinski definition) is 2. The molecule has 1 fully saturated rings. The van der Waals surface area contributed by atoms with Gasteiger partial charge in [0.05, 0.1) is 5.75 Å². The monoisotopic (exact) mass is 284 g/mol. The van der Waals surface area contributed by atoms with E-state index in [0.717, 1.165) is 17.5 Å². The Bertz CT molecular complexity index is 513. The molecule has 1 aliphatic rings. The largest absolute Gasteiger partial charge is 0.396 e. The summed E-state index contributed by atoms with van der Waals surface area (Å²) < 4.78 is 26.0. The lowest BCUT2D eigenvalue weighted by molar-refractivity contribution is 0.233. The van der Waals surface area contributed by atoms with Gasteiger partial charge in [0.25, 0.3) is 0 Å². The fraction of sp³-hybridized carbons (Fsp3) is 0.538. The minimum Gasteiger partial charge on any atom is -0.396 e. The van der Waals surface area contributed by atoms with Gasteiger partial charge in [0.2, 0.25) is 10.0 Å². The zero-order chi connectivity index (χ0) is 13.9. The molecule has 5 nitrogen and oxygen atoms in total. The molecule has 0 bridgehead atoms. The fourth-order valence-corrected chi connectivity index (χ4v) is 3.89. The van der Waals surface area contributed by atoms with Crippen molar-refractivity contribution in [2.45, 2.75) is 18.7 Å². The van der Waals surface area contributed by atoms with Crippen molar-refractivity contribution >= 4 is 10.0 Å². The van der Waals surface area contributed by atoms with Crippen LogP contribution in [0.25, 0.3) is 0 Å². The Labute approximate surface area is 114 Å². The third-order valence-corrected chi connectivity index (χ3v) is 5.32. The van der Waals surface area contributed by atoms with Crippen molar-refractivity contribution in [3.63, 3.8) is 0 Å². The summed E-state index contributed by atoms with van der Waals surface area (Å²) in [4.78, 5) is 0. The van der Waals surface area contributed by atoms with E-state index in [1.54, 1.807) is 12.1 Å². The molecule has 1 aliphatic heterocycles. The van der Waals surface area contributed by atoms with Crippen LogP contribution >= 0.6 is 0 Å². The standard InChI is InChI=1S/C13H20N2O3S/c14-7-11-1-3-12(4-2-11)10-19(17,18)15-6-5-13(8-15)9-16/h1-4,13,16H,5-10,14H2. The van der Waals surface area contributed by atoms with Gasteiger partial charge in [0.1, 0.15) is 0 Å². The van der Waals surface area contributed by atoms with E-state index in [2.05, 4.69) is 0 Å². The average Bonchev–Trinajstić information content (AvgIpc) is 2.89. The number of hydrogen-bond acceptors (Lipinski definition) is 4. The predicted octanol–water partition coefficient (Wildman–Crippen LogP) is 0.289. The van der Waals surface area contributed by atoms with Gasteiger partial charge >= 0.3 is 0 Å². The second-order valence-corrected chi connectivity index (χ2v) is 6.94.